The van der Waals surface area contributed by atoms with Gasteiger partial charge in [-0.3, -0.25) is 14.3 Å². The van der Waals surface area contributed by atoms with Gasteiger partial charge in [-0.1, -0.05) is 6.07 Å². The van der Waals surface area contributed by atoms with Crippen LogP contribution in [0.25, 0.3) is 11.5 Å². The number of carbonyl (C=O) groups is 3. The lowest BCUT2D eigenvalue weighted by molar-refractivity contribution is -0.121. The van der Waals surface area contributed by atoms with Crippen molar-refractivity contribution in [2.45, 2.75) is 56.6 Å². The predicted molar refractivity (Wildman–Crippen MR) is 153 cm³/mol. The van der Waals surface area contributed by atoms with Gasteiger partial charge in [0.1, 0.15) is 17.7 Å². The van der Waals surface area contributed by atoms with Crippen molar-refractivity contribution in [1.29, 1.82) is 0 Å². The van der Waals surface area contributed by atoms with Crippen molar-refractivity contribution >= 4 is 27.9 Å². The first kappa shape index (κ1) is 33.5. The quantitative estimate of drug-likeness (QED) is 0.207. The zero-order chi connectivity index (χ0) is 34.0. The number of nitrogens with two attached hydrogens (primary N) is 1. The van der Waals surface area contributed by atoms with Gasteiger partial charge in [0.15, 0.2) is 29.1 Å². The third kappa shape index (κ3) is 8.30. The molecule has 252 valence electrons. The summed E-state index contributed by atoms with van der Waals surface area (Å²) in [4.78, 5) is 42.5. The van der Waals surface area contributed by atoms with E-state index in [1.165, 1.54) is 19.1 Å². The molecule has 1 aromatic heterocycles. The molecule has 0 radical (unpaired) electrons. The molecular formula is C29H28F4N4O9S. The number of hydrogen-bond donors (Lipinski definition) is 3. The van der Waals surface area contributed by atoms with Crippen LogP contribution in [0.4, 0.5) is 22.4 Å². The molecule has 1 heterocycles. The number of carbonyl (C=O) groups excluding carboxylic acids is 3. The number of benzene rings is 2. The molecule has 4 N–H and O–H groups in total. The van der Waals surface area contributed by atoms with Gasteiger partial charge in [-0.25, -0.2) is 27.0 Å². The Morgan fingerprint density at radius 2 is 1.79 bits per heavy atom. The zero-order valence-electron chi connectivity index (χ0n) is 24.5. The second kappa shape index (κ2) is 13.5. The third-order valence-electron chi connectivity index (χ3n) is 7.13. The Bertz CT molecular complexity index is 1800. The van der Waals surface area contributed by atoms with Crippen LogP contribution in [-0.4, -0.2) is 49.8 Å². The molecule has 2 aromatic carbocycles. The number of amides is 3. The minimum absolute atomic E-state index is 0.0812. The maximum Gasteiger partial charge on any atom is 0.405 e. The Hall–Kier alpha value is -4.87. The standard InChI is InChI=1S/C29H28F4N4O9S/c1-13(44-29(34)40)24-23(36-27(46-24)15-4-9-20(45-28(32)33)21(10-15)43-12-14-2-3-14)25(38)35-22(18-8-5-16(30)11-19(18)31)26(39)37-47(41,42)17-6-7-17/h4-5,8-11,13-14,17,22,28H,2-3,6-7,12H2,1H3,(H2,34,40)(H,35,38)(H,37,39)/t13-,22?/m0/s1. The fourth-order valence-corrected chi connectivity index (χ4v) is 5.76. The number of oxazole rings is 1. The Kier molecular flexibility index (Phi) is 9.60. The highest BCUT2D eigenvalue weighted by atomic mass is 32.2. The molecule has 3 aromatic rings. The summed E-state index contributed by atoms with van der Waals surface area (Å²) >= 11 is 0. The number of nitrogens with one attached hydrogen (secondary N) is 2. The van der Waals surface area contributed by atoms with Crippen LogP contribution in [0.5, 0.6) is 11.5 Å². The van der Waals surface area contributed by atoms with Crippen molar-refractivity contribution in [1.82, 2.24) is 15.0 Å². The number of ether oxygens (including phenoxy) is 3. The number of rotatable bonds is 14. The van der Waals surface area contributed by atoms with E-state index in [-0.39, 0.29) is 48.3 Å². The number of sulfonamides is 1. The van der Waals surface area contributed by atoms with E-state index in [1.807, 2.05) is 4.72 Å². The van der Waals surface area contributed by atoms with Gasteiger partial charge in [0.05, 0.1) is 11.9 Å². The summed E-state index contributed by atoms with van der Waals surface area (Å²) in [6, 6.07) is 3.75. The van der Waals surface area contributed by atoms with Gasteiger partial charge in [0, 0.05) is 17.2 Å². The summed E-state index contributed by atoms with van der Waals surface area (Å²) in [6.45, 7) is -1.67. The van der Waals surface area contributed by atoms with E-state index in [0.29, 0.717) is 6.07 Å². The van der Waals surface area contributed by atoms with Crippen LogP contribution in [0.2, 0.25) is 0 Å². The van der Waals surface area contributed by atoms with Crippen LogP contribution in [0, 0.1) is 17.6 Å². The lowest BCUT2D eigenvalue weighted by Crippen LogP contribution is -2.44. The Morgan fingerprint density at radius 1 is 1.06 bits per heavy atom. The SMILES string of the molecule is C[C@H](OC(N)=O)c1oc(-c2ccc(OC(F)F)c(OCC3CC3)c2)nc1C(=O)NC(C(=O)NS(=O)(=O)C1CC1)c1ccc(F)cc1F. The molecule has 0 bridgehead atoms. The summed E-state index contributed by atoms with van der Waals surface area (Å²) < 4.78 is 102. The molecule has 0 saturated heterocycles. The molecule has 1 unspecified atom stereocenters. The number of primary amides is 1. The van der Waals surface area contributed by atoms with E-state index >= 15 is 0 Å². The first-order chi connectivity index (χ1) is 22.2. The topological polar surface area (TPSA) is 189 Å². The number of halogens is 4. The van der Waals surface area contributed by atoms with Crippen LogP contribution in [0.3, 0.4) is 0 Å². The van der Waals surface area contributed by atoms with Crippen LogP contribution in [0.1, 0.15) is 66.6 Å². The summed E-state index contributed by atoms with van der Waals surface area (Å²) in [5.41, 5.74) is 4.04. The molecule has 2 atom stereocenters. The minimum Gasteiger partial charge on any atom is -0.489 e. The Morgan fingerprint density at radius 3 is 2.40 bits per heavy atom. The smallest absolute Gasteiger partial charge is 0.405 e. The number of alkyl halides is 2. The lowest BCUT2D eigenvalue weighted by atomic mass is 10.0. The van der Waals surface area contributed by atoms with E-state index in [2.05, 4.69) is 15.0 Å². The molecule has 18 heteroatoms. The highest BCUT2D eigenvalue weighted by Gasteiger charge is 2.39. The molecule has 13 nitrogen and oxygen atoms in total. The van der Waals surface area contributed by atoms with Gasteiger partial charge in [-0.15, -0.1) is 0 Å². The maximum atomic E-state index is 14.9. The molecule has 0 spiro atoms. The molecule has 2 aliphatic carbocycles. The van der Waals surface area contributed by atoms with Crippen molar-refractivity contribution in [2.75, 3.05) is 6.61 Å². The van der Waals surface area contributed by atoms with Crippen LogP contribution in [-0.2, 0) is 19.6 Å². The molecule has 5 rings (SSSR count). The Labute approximate surface area is 264 Å². The molecule has 2 aliphatic rings. The largest absolute Gasteiger partial charge is 0.489 e. The van der Waals surface area contributed by atoms with Crippen molar-refractivity contribution in [3.63, 3.8) is 0 Å². The molecule has 0 aliphatic heterocycles. The highest BCUT2D eigenvalue weighted by molar-refractivity contribution is 7.90. The summed E-state index contributed by atoms with van der Waals surface area (Å²) in [5.74, 6) is -5.70. The zero-order valence-corrected chi connectivity index (χ0v) is 25.3. The maximum absolute atomic E-state index is 14.9. The fraction of sp³-hybridized carbons (Fsp3) is 0.379. The number of aromatic nitrogens is 1. The first-order valence-electron chi connectivity index (χ1n) is 14.2. The molecule has 2 saturated carbocycles. The van der Waals surface area contributed by atoms with Gasteiger partial charge < -0.3 is 29.7 Å². The Balaban J connectivity index is 1.51. The van der Waals surface area contributed by atoms with Crippen LogP contribution >= 0.6 is 0 Å². The van der Waals surface area contributed by atoms with Crippen LogP contribution < -0.4 is 25.2 Å². The summed E-state index contributed by atoms with van der Waals surface area (Å²) in [5, 5.41) is 1.33. The lowest BCUT2D eigenvalue weighted by Gasteiger charge is -2.19. The van der Waals surface area contributed by atoms with Gasteiger partial charge in [-0.05, 0) is 62.8 Å². The van der Waals surface area contributed by atoms with Gasteiger partial charge >= 0.3 is 12.7 Å². The van der Waals surface area contributed by atoms with Gasteiger partial charge in [0.2, 0.25) is 15.9 Å². The monoisotopic (exact) mass is 684 g/mol. The molecule has 47 heavy (non-hydrogen) atoms. The number of hydrogen-bond acceptors (Lipinski definition) is 10. The molecular weight excluding hydrogens is 656 g/mol. The van der Waals surface area contributed by atoms with E-state index in [4.69, 9.17) is 19.6 Å². The average Bonchev–Trinajstić information content (AvgIpc) is 3.92. The fourth-order valence-electron chi connectivity index (χ4n) is 4.44. The van der Waals surface area contributed by atoms with Crippen molar-refractivity contribution < 1.29 is 59.0 Å². The normalized spacial score (nSPS) is 15.9. The van der Waals surface area contributed by atoms with Crippen molar-refractivity contribution in [3.8, 4) is 23.0 Å². The predicted octanol–water partition coefficient (Wildman–Crippen LogP) is 4.25. The second-order valence-corrected chi connectivity index (χ2v) is 12.8. The van der Waals surface area contributed by atoms with Gasteiger partial charge in [0.25, 0.3) is 11.8 Å². The highest BCUT2D eigenvalue weighted by Crippen LogP contribution is 2.38. The molecule has 2 fully saturated rings. The third-order valence-corrected chi connectivity index (χ3v) is 8.96. The second-order valence-electron chi connectivity index (χ2n) is 10.9. The average molecular weight is 685 g/mol. The van der Waals surface area contributed by atoms with E-state index in [0.717, 1.165) is 31.0 Å². The van der Waals surface area contributed by atoms with E-state index in [9.17, 15) is 40.4 Å². The minimum atomic E-state index is -4.17. The van der Waals surface area contributed by atoms with Crippen LogP contribution in [0.15, 0.2) is 40.8 Å². The van der Waals surface area contributed by atoms with Crippen molar-refractivity contribution in [3.05, 3.63) is 65.1 Å². The van der Waals surface area contributed by atoms with E-state index < -0.39 is 80.6 Å². The van der Waals surface area contributed by atoms with Gasteiger partial charge in [-0.2, -0.15) is 8.78 Å². The summed E-state index contributed by atoms with van der Waals surface area (Å²) in [7, 11) is -4.17. The number of nitrogens with zero attached hydrogens (tertiary/aromatic N) is 1. The summed E-state index contributed by atoms with van der Waals surface area (Å²) in [6.07, 6.45) is -0.255. The first-order valence-corrected chi connectivity index (χ1v) is 15.8. The van der Waals surface area contributed by atoms with E-state index in [1.54, 1.807) is 0 Å². The van der Waals surface area contributed by atoms with Crippen molar-refractivity contribution in [2.24, 2.45) is 11.7 Å². The molecule has 3 amide bonds.